The Kier molecular flexibility index (Phi) is 12.5. The number of guanidine groups is 1. The highest BCUT2D eigenvalue weighted by Crippen LogP contribution is 2.11. The first-order valence-electron chi connectivity index (χ1n) is 7.72. The van der Waals surface area contributed by atoms with Crippen molar-refractivity contribution >= 4 is 33.8 Å². The second-order valence-corrected chi connectivity index (χ2v) is 5.23. The maximum absolute atomic E-state index is 5.14. The van der Waals surface area contributed by atoms with Crippen LogP contribution < -0.4 is 17.2 Å². The van der Waals surface area contributed by atoms with Gasteiger partial charge >= 0.3 is 0 Å². The van der Waals surface area contributed by atoms with Crippen molar-refractivity contribution in [3.8, 4) is 0 Å². The Bertz CT molecular complexity index is 527. The van der Waals surface area contributed by atoms with Crippen LogP contribution in [0.2, 0.25) is 0 Å². The fourth-order valence-electron chi connectivity index (χ4n) is 1.79. The third-order valence-electron chi connectivity index (χ3n) is 2.96. The number of rotatable bonds is 5. The predicted molar refractivity (Wildman–Crippen MR) is 107 cm³/mol. The number of nitrogens with two attached hydrogens (primary N) is 3. The second kappa shape index (κ2) is 13.7. The van der Waals surface area contributed by atoms with E-state index in [1.807, 2.05) is 0 Å². The van der Waals surface area contributed by atoms with E-state index in [1.54, 1.807) is 0 Å². The lowest BCUT2D eigenvalue weighted by Gasteiger charge is -1.97. The smallest absolute Gasteiger partial charge is 0.185 e. The van der Waals surface area contributed by atoms with Gasteiger partial charge in [-0.05, 0) is 41.9 Å². The Morgan fingerprint density at radius 3 is 1.74 bits per heavy atom. The summed E-state index contributed by atoms with van der Waals surface area (Å²) < 4.78 is 0. The van der Waals surface area contributed by atoms with Gasteiger partial charge in [0.1, 0.15) is 0 Å². The number of benzene rings is 2. The minimum atomic E-state index is 0.160. The molecule has 0 aliphatic rings. The van der Waals surface area contributed by atoms with Gasteiger partial charge in [0.15, 0.2) is 5.96 Å². The molecule has 0 radical (unpaired) electrons. The highest BCUT2D eigenvalue weighted by Gasteiger charge is 1.92. The van der Waals surface area contributed by atoms with Crippen molar-refractivity contribution in [1.29, 1.82) is 0 Å². The lowest BCUT2D eigenvalue weighted by molar-refractivity contribution is 0.872. The second-order valence-electron chi connectivity index (χ2n) is 4.65. The summed E-state index contributed by atoms with van der Waals surface area (Å²) in [5.41, 5.74) is 14.8. The molecule has 0 aliphatic heterocycles. The molecule has 4 nitrogen and oxygen atoms in total. The monoisotopic (exact) mass is 332 g/mol. The molecule has 0 bridgehead atoms. The average Bonchev–Trinajstić information content (AvgIpc) is 2.60. The standard InChI is InChI=1S/C10H8.C7H15N3S.CH5N/c1-2-6-10-8-4-3-7-9(10)5-1;1-2-6(11)4-3-5-10-7(8)9;1-2/h1-8H;2-5H2,1H3,(H4,8,9,10);2H2,1H3. The van der Waals surface area contributed by atoms with Gasteiger partial charge in [0, 0.05) is 6.54 Å². The van der Waals surface area contributed by atoms with Crippen LogP contribution in [0.1, 0.15) is 26.2 Å². The predicted octanol–water partition coefficient (Wildman–Crippen LogP) is 3.23. The highest BCUT2D eigenvalue weighted by molar-refractivity contribution is 7.80. The van der Waals surface area contributed by atoms with Crippen molar-refractivity contribution in [2.45, 2.75) is 26.2 Å². The van der Waals surface area contributed by atoms with Crippen LogP contribution in [0.4, 0.5) is 0 Å². The van der Waals surface area contributed by atoms with Crippen molar-refractivity contribution in [3.63, 3.8) is 0 Å². The van der Waals surface area contributed by atoms with Crippen molar-refractivity contribution in [3.05, 3.63) is 48.5 Å². The zero-order chi connectivity index (χ0) is 17.5. The fraction of sp³-hybridized carbons (Fsp3) is 0.333. The first-order valence-corrected chi connectivity index (χ1v) is 8.13. The number of aliphatic imine (C=N–C) groups is 1. The highest BCUT2D eigenvalue weighted by atomic mass is 32.1. The van der Waals surface area contributed by atoms with E-state index in [2.05, 4.69) is 66.2 Å². The average molecular weight is 333 g/mol. The Balaban J connectivity index is 0.000000380. The quantitative estimate of drug-likeness (QED) is 0.339. The Labute approximate surface area is 144 Å². The maximum atomic E-state index is 5.14. The molecule has 0 amide bonds. The summed E-state index contributed by atoms with van der Waals surface area (Å²) in [7, 11) is 1.50. The van der Waals surface area contributed by atoms with Gasteiger partial charge in [-0.15, -0.1) is 0 Å². The van der Waals surface area contributed by atoms with E-state index in [-0.39, 0.29) is 5.96 Å². The molecule has 126 valence electrons. The van der Waals surface area contributed by atoms with Crippen LogP contribution in [0.3, 0.4) is 0 Å². The SMILES string of the molecule is CCC(=S)CCCN=C(N)N.CN.c1ccc2ccccc2c1. The van der Waals surface area contributed by atoms with E-state index >= 15 is 0 Å². The molecule has 0 unspecified atom stereocenters. The van der Waals surface area contributed by atoms with Crippen molar-refractivity contribution in [2.75, 3.05) is 13.6 Å². The van der Waals surface area contributed by atoms with Crippen LogP contribution in [0.5, 0.6) is 0 Å². The summed E-state index contributed by atoms with van der Waals surface area (Å²) in [5.74, 6) is 0.160. The van der Waals surface area contributed by atoms with Gasteiger partial charge in [-0.25, -0.2) is 0 Å². The zero-order valence-electron chi connectivity index (χ0n) is 14.0. The molecule has 0 heterocycles. The molecule has 0 aromatic heterocycles. The lowest BCUT2D eigenvalue weighted by atomic mass is 10.1. The van der Waals surface area contributed by atoms with Gasteiger partial charge in [-0.3, -0.25) is 4.99 Å². The third-order valence-corrected chi connectivity index (χ3v) is 3.45. The maximum Gasteiger partial charge on any atom is 0.185 e. The minimum Gasteiger partial charge on any atom is -0.370 e. The molecular weight excluding hydrogens is 304 g/mol. The molecule has 0 saturated carbocycles. The molecule has 0 saturated heterocycles. The van der Waals surface area contributed by atoms with E-state index in [4.69, 9.17) is 23.7 Å². The summed E-state index contributed by atoms with van der Waals surface area (Å²) in [6, 6.07) is 16.7. The molecule has 0 spiro atoms. The molecule has 6 N–H and O–H groups in total. The zero-order valence-corrected chi connectivity index (χ0v) is 14.9. The number of hydrogen-bond acceptors (Lipinski definition) is 3. The molecule has 2 aromatic carbocycles. The first kappa shape index (κ1) is 21.0. The van der Waals surface area contributed by atoms with Gasteiger partial charge in [0.05, 0.1) is 0 Å². The van der Waals surface area contributed by atoms with Gasteiger partial charge in [0.2, 0.25) is 0 Å². The van der Waals surface area contributed by atoms with Crippen molar-refractivity contribution in [2.24, 2.45) is 22.2 Å². The molecule has 0 aliphatic carbocycles. The molecule has 0 atom stereocenters. The number of thiocarbonyl (C=S) groups is 1. The van der Waals surface area contributed by atoms with Gasteiger partial charge < -0.3 is 17.2 Å². The summed E-state index contributed by atoms with van der Waals surface area (Å²) in [4.78, 5) is 4.94. The van der Waals surface area contributed by atoms with Gasteiger partial charge in [-0.1, -0.05) is 67.7 Å². The minimum absolute atomic E-state index is 0.160. The largest absolute Gasteiger partial charge is 0.370 e. The van der Waals surface area contributed by atoms with Crippen molar-refractivity contribution in [1.82, 2.24) is 0 Å². The van der Waals surface area contributed by atoms with Crippen LogP contribution in [0.25, 0.3) is 10.8 Å². The summed E-state index contributed by atoms with van der Waals surface area (Å²) in [6.07, 6.45) is 2.87. The molecule has 0 fully saturated rings. The van der Waals surface area contributed by atoms with Crippen LogP contribution in [0.15, 0.2) is 53.5 Å². The first-order chi connectivity index (χ1) is 11.1. The number of hydrogen-bond donors (Lipinski definition) is 3. The van der Waals surface area contributed by atoms with E-state index in [0.717, 1.165) is 24.1 Å². The van der Waals surface area contributed by atoms with E-state index < -0.39 is 0 Å². The van der Waals surface area contributed by atoms with Gasteiger partial charge in [0.25, 0.3) is 0 Å². The molecule has 2 aromatic rings. The van der Waals surface area contributed by atoms with Crippen LogP contribution in [-0.4, -0.2) is 24.4 Å². The van der Waals surface area contributed by atoms with E-state index in [1.165, 1.54) is 17.8 Å². The number of fused-ring (bicyclic) bond motifs is 1. The van der Waals surface area contributed by atoms with E-state index in [0.29, 0.717) is 6.54 Å². The normalized spacial score (nSPS) is 9.00. The fourth-order valence-corrected chi connectivity index (χ4v) is 1.94. The van der Waals surface area contributed by atoms with Crippen LogP contribution >= 0.6 is 12.2 Å². The molecule has 5 heteroatoms. The number of nitrogens with zero attached hydrogens (tertiary/aromatic N) is 1. The molecular formula is C18H28N4S. The Hall–Kier alpha value is -1.98. The molecule has 23 heavy (non-hydrogen) atoms. The van der Waals surface area contributed by atoms with E-state index in [9.17, 15) is 0 Å². The summed E-state index contributed by atoms with van der Waals surface area (Å²) in [5, 5.41) is 2.62. The summed E-state index contributed by atoms with van der Waals surface area (Å²) in [6.45, 7) is 2.74. The molecule has 2 rings (SSSR count). The summed E-state index contributed by atoms with van der Waals surface area (Å²) >= 11 is 5.02. The topological polar surface area (TPSA) is 90.4 Å². The van der Waals surface area contributed by atoms with Crippen LogP contribution in [0, 0.1) is 0 Å². The Morgan fingerprint density at radius 2 is 1.39 bits per heavy atom. The van der Waals surface area contributed by atoms with Crippen molar-refractivity contribution < 1.29 is 0 Å². The lowest BCUT2D eigenvalue weighted by Crippen LogP contribution is -2.23. The Morgan fingerprint density at radius 1 is 0.957 bits per heavy atom. The van der Waals surface area contributed by atoms with Gasteiger partial charge in [-0.2, -0.15) is 0 Å². The van der Waals surface area contributed by atoms with Crippen LogP contribution in [-0.2, 0) is 0 Å². The third kappa shape index (κ3) is 10.4.